The van der Waals surface area contributed by atoms with Crippen LogP contribution in [0.25, 0.3) is 0 Å². The van der Waals surface area contributed by atoms with Crippen molar-refractivity contribution in [2.45, 2.75) is 13.8 Å². The van der Waals surface area contributed by atoms with Crippen molar-refractivity contribution in [3.05, 3.63) is 57.2 Å². The molecule has 0 atom stereocenters. The number of rotatable bonds is 4. The lowest BCUT2D eigenvalue weighted by molar-refractivity contribution is -0.119. The van der Waals surface area contributed by atoms with Gasteiger partial charge in [0.2, 0.25) is 0 Å². The highest BCUT2D eigenvalue weighted by Gasteiger charge is 2.14. The molecular formula is C16H14Cl2N2O3. The summed E-state index contributed by atoms with van der Waals surface area (Å²) in [5, 5.41) is 3.01. The third-order valence-electron chi connectivity index (χ3n) is 3.01. The van der Waals surface area contributed by atoms with Crippen molar-refractivity contribution in [2.75, 3.05) is 11.9 Å². The molecule has 0 spiro atoms. The zero-order valence-corrected chi connectivity index (χ0v) is 14.0. The van der Waals surface area contributed by atoms with Crippen molar-refractivity contribution >= 4 is 40.9 Å². The van der Waals surface area contributed by atoms with Crippen LogP contribution in [-0.4, -0.2) is 23.5 Å². The van der Waals surface area contributed by atoms with E-state index < -0.39 is 18.5 Å². The summed E-state index contributed by atoms with van der Waals surface area (Å²) in [6.45, 7) is 3.23. The van der Waals surface area contributed by atoms with Gasteiger partial charge < -0.3 is 10.1 Å². The Morgan fingerprint density at radius 1 is 1.22 bits per heavy atom. The van der Waals surface area contributed by atoms with Gasteiger partial charge in [0.15, 0.2) is 12.4 Å². The maximum Gasteiger partial charge on any atom is 0.338 e. The molecule has 0 unspecified atom stereocenters. The molecule has 0 aliphatic carbocycles. The van der Waals surface area contributed by atoms with Crippen molar-refractivity contribution in [2.24, 2.45) is 0 Å². The molecule has 1 aromatic carbocycles. The molecule has 0 fully saturated rings. The minimum atomic E-state index is -0.559. The van der Waals surface area contributed by atoms with Gasteiger partial charge in [-0.3, -0.25) is 4.79 Å². The SMILES string of the molecule is Cc1ccc(C)c(C(=O)OCC(=O)Nc2ncc(Cl)cc2Cl)c1. The van der Waals surface area contributed by atoms with E-state index in [9.17, 15) is 9.59 Å². The summed E-state index contributed by atoms with van der Waals surface area (Å²) in [5.41, 5.74) is 2.15. The van der Waals surface area contributed by atoms with E-state index in [1.807, 2.05) is 19.1 Å². The standard InChI is InChI=1S/C16H14Cl2N2O3/c1-9-3-4-10(2)12(5-9)16(22)23-8-14(21)20-15-13(18)6-11(17)7-19-15/h3-7H,8H2,1-2H3,(H,19,20,21). The predicted octanol–water partition coefficient (Wildman–Crippen LogP) is 3.80. The van der Waals surface area contributed by atoms with Gasteiger partial charge >= 0.3 is 5.97 Å². The number of esters is 1. The van der Waals surface area contributed by atoms with Crippen LogP contribution in [-0.2, 0) is 9.53 Å². The molecule has 5 nitrogen and oxygen atoms in total. The van der Waals surface area contributed by atoms with E-state index in [-0.39, 0.29) is 10.8 Å². The van der Waals surface area contributed by atoms with Crippen molar-refractivity contribution in [3.63, 3.8) is 0 Å². The monoisotopic (exact) mass is 352 g/mol. The summed E-state index contributed by atoms with van der Waals surface area (Å²) in [6.07, 6.45) is 1.35. The van der Waals surface area contributed by atoms with Crippen LogP contribution >= 0.6 is 23.2 Å². The van der Waals surface area contributed by atoms with Gasteiger partial charge in [-0.25, -0.2) is 9.78 Å². The molecule has 0 saturated carbocycles. The fourth-order valence-electron chi connectivity index (χ4n) is 1.84. The maximum absolute atomic E-state index is 12.0. The van der Waals surface area contributed by atoms with E-state index in [0.717, 1.165) is 11.1 Å². The quantitative estimate of drug-likeness (QED) is 0.849. The second-order valence-corrected chi connectivity index (χ2v) is 5.77. The Kier molecular flexibility index (Phi) is 5.58. The highest BCUT2D eigenvalue weighted by atomic mass is 35.5. The number of carbonyl (C=O) groups is 2. The number of nitrogens with one attached hydrogen (secondary N) is 1. The number of aromatic nitrogens is 1. The van der Waals surface area contributed by atoms with Crippen LogP contribution in [0.4, 0.5) is 5.82 Å². The van der Waals surface area contributed by atoms with Gasteiger partial charge in [0, 0.05) is 6.20 Å². The molecule has 1 heterocycles. The molecule has 2 rings (SSSR count). The molecule has 0 aliphatic heterocycles. The first-order valence-corrected chi connectivity index (χ1v) is 7.47. The van der Waals surface area contributed by atoms with Gasteiger partial charge in [0.1, 0.15) is 0 Å². The molecule has 0 aliphatic rings. The van der Waals surface area contributed by atoms with Gasteiger partial charge in [-0.15, -0.1) is 0 Å². The zero-order valence-electron chi connectivity index (χ0n) is 12.5. The summed E-state index contributed by atoms with van der Waals surface area (Å²) in [7, 11) is 0. The lowest BCUT2D eigenvalue weighted by Crippen LogP contribution is -2.22. The van der Waals surface area contributed by atoms with E-state index >= 15 is 0 Å². The number of ether oxygens (including phenoxy) is 1. The number of nitrogens with zero attached hydrogens (tertiary/aromatic N) is 1. The molecule has 1 amide bonds. The van der Waals surface area contributed by atoms with Crippen LogP contribution in [0.2, 0.25) is 10.0 Å². The third kappa shape index (κ3) is 4.68. The number of carbonyl (C=O) groups excluding carboxylic acids is 2. The number of aryl methyl sites for hydroxylation is 2. The summed E-state index contributed by atoms with van der Waals surface area (Å²) >= 11 is 11.6. The molecule has 23 heavy (non-hydrogen) atoms. The molecule has 2 aromatic rings. The van der Waals surface area contributed by atoms with Gasteiger partial charge in [-0.1, -0.05) is 40.9 Å². The fourth-order valence-corrected chi connectivity index (χ4v) is 2.27. The largest absolute Gasteiger partial charge is 0.452 e. The van der Waals surface area contributed by atoms with Gasteiger partial charge in [0.25, 0.3) is 5.91 Å². The average molecular weight is 353 g/mol. The zero-order chi connectivity index (χ0) is 17.0. The first kappa shape index (κ1) is 17.2. The van der Waals surface area contributed by atoms with Crippen molar-refractivity contribution < 1.29 is 14.3 Å². The Labute approximate surface area is 143 Å². The van der Waals surface area contributed by atoms with Crippen LogP contribution < -0.4 is 5.32 Å². The minimum absolute atomic E-state index is 0.156. The smallest absolute Gasteiger partial charge is 0.338 e. The molecule has 7 heteroatoms. The fraction of sp³-hybridized carbons (Fsp3) is 0.188. The first-order valence-electron chi connectivity index (χ1n) is 6.72. The van der Waals surface area contributed by atoms with Crippen LogP contribution in [0.1, 0.15) is 21.5 Å². The van der Waals surface area contributed by atoms with Crippen LogP contribution in [0, 0.1) is 13.8 Å². The maximum atomic E-state index is 12.0. The van der Waals surface area contributed by atoms with Gasteiger partial charge in [-0.05, 0) is 31.5 Å². The second-order valence-electron chi connectivity index (χ2n) is 4.93. The average Bonchev–Trinajstić information content (AvgIpc) is 2.50. The van der Waals surface area contributed by atoms with E-state index in [0.29, 0.717) is 10.6 Å². The van der Waals surface area contributed by atoms with Crippen LogP contribution in [0.3, 0.4) is 0 Å². The number of hydrogen-bond donors (Lipinski definition) is 1. The summed E-state index contributed by atoms with van der Waals surface area (Å²) in [4.78, 5) is 27.7. The Morgan fingerprint density at radius 2 is 1.96 bits per heavy atom. The van der Waals surface area contributed by atoms with E-state index in [2.05, 4.69) is 10.3 Å². The Hall–Kier alpha value is -2.11. The summed E-state index contributed by atoms with van der Waals surface area (Å²) < 4.78 is 5.01. The first-order chi connectivity index (χ1) is 10.9. The van der Waals surface area contributed by atoms with Crippen LogP contribution in [0.5, 0.6) is 0 Å². The topological polar surface area (TPSA) is 68.3 Å². The van der Waals surface area contributed by atoms with E-state index in [1.165, 1.54) is 12.3 Å². The number of hydrogen-bond acceptors (Lipinski definition) is 4. The molecular weight excluding hydrogens is 339 g/mol. The van der Waals surface area contributed by atoms with Gasteiger partial charge in [-0.2, -0.15) is 0 Å². The van der Waals surface area contributed by atoms with E-state index in [1.54, 1.807) is 13.0 Å². The lowest BCUT2D eigenvalue weighted by Gasteiger charge is -2.09. The molecule has 0 bridgehead atoms. The second kappa shape index (κ2) is 7.44. The Balaban J connectivity index is 1.96. The third-order valence-corrected chi connectivity index (χ3v) is 3.51. The molecule has 120 valence electrons. The van der Waals surface area contributed by atoms with Gasteiger partial charge in [0.05, 0.1) is 15.6 Å². The number of anilines is 1. The molecule has 0 radical (unpaired) electrons. The number of benzene rings is 1. The molecule has 1 aromatic heterocycles. The Bertz CT molecular complexity index is 763. The molecule has 1 N–H and O–H groups in total. The number of amides is 1. The van der Waals surface area contributed by atoms with Crippen molar-refractivity contribution in [3.8, 4) is 0 Å². The normalized spacial score (nSPS) is 10.3. The van der Waals surface area contributed by atoms with Crippen molar-refractivity contribution in [1.29, 1.82) is 0 Å². The minimum Gasteiger partial charge on any atom is -0.452 e. The van der Waals surface area contributed by atoms with Crippen molar-refractivity contribution in [1.82, 2.24) is 4.98 Å². The number of pyridine rings is 1. The highest BCUT2D eigenvalue weighted by Crippen LogP contribution is 2.22. The Morgan fingerprint density at radius 3 is 2.65 bits per heavy atom. The highest BCUT2D eigenvalue weighted by molar-refractivity contribution is 6.36. The summed E-state index contributed by atoms with van der Waals surface area (Å²) in [5.74, 6) is -0.944. The van der Waals surface area contributed by atoms with Crippen LogP contribution in [0.15, 0.2) is 30.5 Å². The lowest BCUT2D eigenvalue weighted by atomic mass is 10.1. The molecule has 0 saturated heterocycles. The van der Waals surface area contributed by atoms with E-state index in [4.69, 9.17) is 27.9 Å². The predicted molar refractivity (Wildman–Crippen MR) is 89.1 cm³/mol. The number of halogens is 2. The summed E-state index contributed by atoms with van der Waals surface area (Å²) in [6, 6.07) is 6.89.